The van der Waals surface area contributed by atoms with Crippen LogP contribution in [0.25, 0.3) is 0 Å². The number of rotatable bonds is 2. The SMILES string of the molecule is Cc1ccccc1[P-]c1ccccc1C.[Li+]. The fraction of sp³-hybridized carbons (Fsp3) is 0.143. The van der Waals surface area contributed by atoms with E-state index in [0.29, 0.717) is 0 Å². The molecule has 0 aliphatic carbocycles. The molecule has 0 atom stereocenters. The first kappa shape index (κ1) is 13.5. The van der Waals surface area contributed by atoms with Crippen LogP contribution in [0.2, 0.25) is 0 Å². The maximum absolute atomic E-state index is 2.20. The van der Waals surface area contributed by atoms with Gasteiger partial charge in [0.1, 0.15) is 0 Å². The van der Waals surface area contributed by atoms with E-state index in [1.54, 1.807) is 0 Å². The third-order valence-electron chi connectivity index (χ3n) is 2.47. The summed E-state index contributed by atoms with van der Waals surface area (Å²) in [4.78, 5) is 0. The monoisotopic (exact) mass is 220 g/mol. The standard InChI is InChI=1S/C14H14P.Li/c1-11-7-3-5-9-13(11)15-14-10-6-4-8-12(14)2;/h3-10H,1-2H3;/q-1;+1. The summed E-state index contributed by atoms with van der Waals surface area (Å²) in [6.07, 6.45) is 0. The van der Waals surface area contributed by atoms with Gasteiger partial charge >= 0.3 is 18.9 Å². The largest absolute Gasteiger partial charge is 1.00 e. The quantitative estimate of drug-likeness (QED) is 0.501. The van der Waals surface area contributed by atoms with Gasteiger partial charge in [0.25, 0.3) is 0 Å². The summed E-state index contributed by atoms with van der Waals surface area (Å²) in [6.45, 7) is 4.33. The molecular formula is C14H14LiP. The summed E-state index contributed by atoms with van der Waals surface area (Å²) in [5.74, 6) is 0. The minimum atomic E-state index is 0. The molecule has 0 heterocycles. The number of aryl methyl sites for hydroxylation is 2. The average molecular weight is 220 g/mol. The van der Waals surface area contributed by atoms with Gasteiger partial charge in [-0.25, -0.2) is 0 Å². The van der Waals surface area contributed by atoms with Crippen LogP contribution in [-0.4, -0.2) is 0 Å². The van der Waals surface area contributed by atoms with Crippen LogP contribution in [-0.2, 0) is 0 Å². The van der Waals surface area contributed by atoms with E-state index in [4.69, 9.17) is 0 Å². The first-order valence-corrected chi connectivity index (χ1v) is 6.00. The summed E-state index contributed by atoms with van der Waals surface area (Å²) >= 11 is 0. The van der Waals surface area contributed by atoms with Gasteiger partial charge in [-0.05, 0) is 13.8 Å². The van der Waals surface area contributed by atoms with Crippen LogP contribution < -0.4 is 29.5 Å². The molecule has 2 aromatic carbocycles. The zero-order chi connectivity index (χ0) is 10.7. The van der Waals surface area contributed by atoms with Crippen molar-refractivity contribution in [1.82, 2.24) is 0 Å². The van der Waals surface area contributed by atoms with Crippen molar-refractivity contribution in [3.8, 4) is 0 Å². The van der Waals surface area contributed by atoms with Gasteiger partial charge in [0.05, 0.1) is 0 Å². The Morgan fingerprint density at radius 2 is 1.06 bits per heavy atom. The van der Waals surface area contributed by atoms with Gasteiger partial charge in [0, 0.05) is 0 Å². The molecular weight excluding hydrogens is 206 g/mol. The first-order chi connectivity index (χ1) is 7.27. The molecule has 0 aromatic heterocycles. The second kappa shape index (κ2) is 6.26. The third-order valence-corrected chi connectivity index (χ3v) is 3.96. The molecule has 2 rings (SSSR count). The van der Waals surface area contributed by atoms with Crippen molar-refractivity contribution in [2.24, 2.45) is 0 Å². The fourth-order valence-electron chi connectivity index (χ4n) is 1.51. The van der Waals surface area contributed by atoms with Crippen LogP contribution >= 0.6 is 8.58 Å². The maximum Gasteiger partial charge on any atom is 1.00 e. The summed E-state index contributed by atoms with van der Waals surface area (Å²) in [5.41, 5.74) is 2.73. The van der Waals surface area contributed by atoms with Crippen molar-refractivity contribution >= 4 is 19.2 Å². The molecule has 0 N–H and O–H groups in total. The van der Waals surface area contributed by atoms with Crippen LogP contribution in [0.4, 0.5) is 0 Å². The van der Waals surface area contributed by atoms with Gasteiger partial charge in [-0.3, -0.25) is 0 Å². The third kappa shape index (κ3) is 3.23. The molecule has 0 bridgehead atoms. The van der Waals surface area contributed by atoms with Crippen LogP contribution in [0, 0.1) is 13.8 Å². The van der Waals surface area contributed by atoms with E-state index >= 15 is 0 Å². The van der Waals surface area contributed by atoms with Crippen molar-refractivity contribution in [3.05, 3.63) is 59.7 Å². The van der Waals surface area contributed by atoms with E-state index in [-0.39, 0.29) is 18.9 Å². The van der Waals surface area contributed by atoms with Crippen LogP contribution in [0.15, 0.2) is 48.5 Å². The zero-order valence-corrected chi connectivity index (χ0v) is 11.0. The van der Waals surface area contributed by atoms with E-state index in [1.807, 2.05) is 0 Å². The smallest absolute Gasteiger partial charge is 0.472 e. The van der Waals surface area contributed by atoms with Crippen LogP contribution in [0.3, 0.4) is 0 Å². The molecule has 0 aliphatic heterocycles. The Kier molecular flexibility index (Phi) is 5.30. The van der Waals surface area contributed by atoms with E-state index < -0.39 is 0 Å². The minimum Gasteiger partial charge on any atom is -0.472 e. The van der Waals surface area contributed by atoms with Crippen molar-refractivity contribution in [1.29, 1.82) is 0 Å². The summed E-state index contributed by atoms with van der Waals surface area (Å²) < 4.78 is 0. The van der Waals surface area contributed by atoms with Crippen molar-refractivity contribution in [2.45, 2.75) is 13.8 Å². The zero-order valence-electron chi connectivity index (χ0n) is 10.1. The predicted molar refractivity (Wildman–Crippen MR) is 68.5 cm³/mol. The van der Waals surface area contributed by atoms with E-state index in [9.17, 15) is 0 Å². The van der Waals surface area contributed by atoms with Crippen LogP contribution in [0.1, 0.15) is 11.1 Å². The molecule has 0 unspecified atom stereocenters. The summed E-state index contributed by atoms with van der Waals surface area (Å²) in [6, 6.07) is 17.1. The summed E-state index contributed by atoms with van der Waals surface area (Å²) in [5, 5.41) is 2.79. The van der Waals surface area contributed by atoms with Crippen molar-refractivity contribution in [2.75, 3.05) is 0 Å². The van der Waals surface area contributed by atoms with Gasteiger partial charge in [-0.15, -0.1) is 0 Å². The van der Waals surface area contributed by atoms with Crippen molar-refractivity contribution < 1.29 is 18.9 Å². The molecule has 0 nitrogen and oxygen atoms in total. The van der Waals surface area contributed by atoms with Crippen LogP contribution in [0.5, 0.6) is 0 Å². The van der Waals surface area contributed by atoms with Gasteiger partial charge < -0.3 is 8.58 Å². The molecule has 0 amide bonds. The normalized spacial score (nSPS) is 9.62. The Labute approximate surface area is 111 Å². The fourth-order valence-corrected chi connectivity index (χ4v) is 2.59. The van der Waals surface area contributed by atoms with Gasteiger partial charge in [-0.1, -0.05) is 59.7 Å². The predicted octanol–water partition coefficient (Wildman–Crippen LogP) is 0.204. The minimum absolute atomic E-state index is 0. The second-order valence-corrected chi connectivity index (χ2v) is 4.87. The van der Waals surface area contributed by atoms with E-state index in [2.05, 4.69) is 62.4 Å². The molecule has 0 spiro atoms. The number of hydrogen-bond donors (Lipinski definition) is 0. The Balaban J connectivity index is 0.00000128. The number of hydrogen-bond acceptors (Lipinski definition) is 0. The maximum atomic E-state index is 2.20. The topological polar surface area (TPSA) is 0 Å². The molecule has 2 aromatic rings. The number of benzene rings is 2. The molecule has 16 heavy (non-hydrogen) atoms. The van der Waals surface area contributed by atoms with E-state index in [1.165, 1.54) is 30.3 Å². The Bertz CT molecular complexity index is 422. The molecule has 0 radical (unpaired) electrons. The molecule has 0 fully saturated rings. The molecule has 2 heteroatoms. The average Bonchev–Trinajstić information content (AvgIpc) is 2.24. The molecule has 76 valence electrons. The van der Waals surface area contributed by atoms with Gasteiger partial charge in [0.2, 0.25) is 0 Å². The molecule has 0 saturated heterocycles. The second-order valence-electron chi connectivity index (χ2n) is 3.68. The van der Waals surface area contributed by atoms with Gasteiger partial charge in [-0.2, -0.15) is 10.6 Å². The first-order valence-electron chi connectivity index (χ1n) is 5.10. The summed E-state index contributed by atoms with van der Waals surface area (Å²) in [7, 11) is 1.31. The van der Waals surface area contributed by atoms with E-state index in [0.717, 1.165) is 0 Å². The van der Waals surface area contributed by atoms with Crippen molar-refractivity contribution in [3.63, 3.8) is 0 Å². The Hall–Kier alpha value is -0.533. The Morgan fingerprint density at radius 3 is 1.44 bits per heavy atom. The Morgan fingerprint density at radius 1 is 0.688 bits per heavy atom. The molecule has 0 saturated carbocycles. The molecule has 0 aliphatic rings. The van der Waals surface area contributed by atoms with Gasteiger partial charge in [0.15, 0.2) is 0 Å².